The molecule has 0 spiro atoms. The van der Waals surface area contributed by atoms with Crippen LogP contribution in [-0.4, -0.2) is 0 Å². The van der Waals surface area contributed by atoms with Crippen molar-refractivity contribution in [1.29, 1.82) is 0 Å². The van der Waals surface area contributed by atoms with Crippen LogP contribution in [0.3, 0.4) is 0 Å². The summed E-state index contributed by atoms with van der Waals surface area (Å²) < 4.78 is 0. The van der Waals surface area contributed by atoms with Gasteiger partial charge in [-0.2, -0.15) is 0 Å². The van der Waals surface area contributed by atoms with E-state index in [4.69, 9.17) is 5.84 Å². The van der Waals surface area contributed by atoms with Crippen molar-refractivity contribution in [3.63, 3.8) is 0 Å². The zero-order valence-electron chi connectivity index (χ0n) is 6.38. The summed E-state index contributed by atoms with van der Waals surface area (Å²) in [6.45, 7) is 0. The van der Waals surface area contributed by atoms with E-state index in [2.05, 4.69) is 17.6 Å². The van der Waals surface area contributed by atoms with Gasteiger partial charge in [-0.05, 0) is 30.4 Å². The molecular formula is C9H12N2. The molecule has 2 nitrogen and oxygen atoms in total. The molecule has 11 heavy (non-hydrogen) atoms. The van der Waals surface area contributed by atoms with E-state index in [1.807, 2.05) is 12.1 Å². The second-order valence-electron chi connectivity index (χ2n) is 3.01. The van der Waals surface area contributed by atoms with Crippen LogP contribution in [0, 0.1) is 0 Å². The Morgan fingerprint density at radius 3 is 2.64 bits per heavy atom. The van der Waals surface area contributed by atoms with Gasteiger partial charge in [-0.25, -0.2) is 0 Å². The van der Waals surface area contributed by atoms with Gasteiger partial charge in [0.1, 0.15) is 0 Å². The van der Waals surface area contributed by atoms with E-state index in [9.17, 15) is 0 Å². The largest absolute Gasteiger partial charge is 0.324 e. The van der Waals surface area contributed by atoms with Crippen LogP contribution >= 0.6 is 0 Å². The van der Waals surface area contributed by atoms with Gasteiger partial charge in [-0.15, -0.1) is 0 Å². The van der Waals surface area contributed by atoms with Crippen LogP contribution in [0.2, 0.25) is 0 Å². The molecule has 0 saturated heterocycles. The molecule has 3 N–H and O–H groups in total. The van der Waals surface area contributed by atoms with Gasteiger partial charge in [0, 0.05) is 0 Å². The maximum absolute atomic E-state index is 5.37. The first kappa shape index (κ1) is 6.68. The number of nitrogens with one attached hydrogen (secondary N) is 1. The van der Waals surface area contributed by atoms with E-state index in [0.29, 0.717) is 0 Å². The van der Waals surface area contributed by atoms with Crippen LogP contribution in [-0.2, 0) is 0 Å². The van der Waals surface area contributed by atoms with E-state index >= 15 is 0 Å². The SMILES string of the molecule is NNc1ccccc1C1CC1. The Morgan fingerprint density at radius 1 is 1.27 bits per heavy atom. The minimum absolute atomic E-state index is 0.766. The summed E-state index contributed by atoms with van der Waals surface area (Å²) in [5, 5.41) is 0. The molecule has 0 heterocycles. The van der Waals surface area contributed by atoms with Crippen LogP contribution < -0.4 is 11.3 Å². The molecule has 2 rings (SSSR count). The monoisotopic (exact) mass is 148 g/mol. The zero-order chi connectivity index (χ0) is 7.68. The topological polar surface area (TPSA) is 38.0 Å². The number of benzene rings is 1. The average Bonchev–Trinajstić information content (AvgIpc) is 2.87. The molecule has 2 heteroatoms. The Kier molecular flexibility index (Phi) is 1.55. The third kappa shape index (κ3) is 1.21. The van der Waals surface area contributed by atoms with Gasteiger partial charge in [0.2, 0.25) is 0 Å². The van der Waals surface area contributed by atoms with Crippen LogP contribution in [0.5, 0.6) is 0 Å². The summed E-state index contributed by atoms with van der Waals surface area (Å²) in [6, 6.07) is 8.23. The fourth-order valence-corrected chi connectivity index (χ4v) is 1.38. The lowest BCUT2D eigenvalue weighted by Crippen LogP contribution is -2.08. The van der Waals surface area contributed by atoms with E-state index in [0.717, 1.165) is 11.6 Å². The Bertz CT molecular complexity index is 253. The van der Waals surface area contributed by atoms with Gasteiger partial charge in [0.15, 0.2) is 0 Å². The number of nitrogens with two attached hydrogens (primary N) is 1. The normalized spacial score (nSPS) is 16.5. The molecule has 0 radical (unpaired) electrons. The minimum atomic E-state index is 0.766. The standard InChI is InChI=1S/C9H12N2/c10-11-9-4-2-1-3-8(9)7-5-6-7/h1-4,7,11H,5-6,10H2. The second kappa shape index (κ2) is 2.55. The molecule has 0 unspecified atom stereocenters. The van der Waals surface area contributed by atoms with Crippen LogP contribution in [0.15, 0.2) is 24.3 Å². The first-order valence-corrected chi connectivity index (χ1v) is 3.97. The maximum Gasteiger partial charge on any atom is 0.0519 e. The molecule has 58 valence electrons. The molecule has 0 bridgehead atoms. The highest BCUT2D eigenvalue weighted by molar-refractivity contribution is 5.53. The van der Waals surface area contributed by atoms with Crippen molar-refractivity contribution in [2.75, 3.05) is 5.43 Å². The predicted octanol–water partition coefficient (Wildman–Crippen LogP) is 1.85. The number of para-hydroxylation sites is 1. The van der Waals surface area contributed by atoms with Gasteiger partial charge in [0.05, 0.1) is 5.69 Å². The van der Waals surface area contributed by atoms with Crippen LogP contribution in [0.25, 0.3) is 0 Å². The van der Waals surface area contributed by atoms with Crippen molar-refractivity contribution in [2.24, 2.45) is 5.84 Å². The summed E-state index contributed by atoms with van der Waals surface area (Å²) >= 11 is 0. The Balaban J connectivity index is 2.34. The van der Waals surface area contributed by atoms with Crippen molar-refractivity contribution < 1.29 is 0 Å². The number of hydrogen-bond acceptors (Lipinski definition) is 2. The molecule has 1 aliphatic carbocycles. The molecule has 1 aromatic carbocycles. The van der Waals surface area contributed by atoms with Gasteiger partial charge in [0.25, 0.3) is 0 Å². The van der Waals surface area contributed by atoms with E-state index in [1.54, 1.807) is 0 Å². The summed E-state index contributed by atoms with van der Waals surface area (Å²) in [7, 11) is 0. The molecule has 1 saturated carbocycles. The fourth-order valence-electron chi connectivity index (χ4n) is 1.38. The fraction of sp³-hybridized carbons (Fsp3) is 0.333. The lowest BCUT2D eigenvalue weighted by molar-refractivity contribution is 1.12. The Hall–Kier alpha value is -1.02. The third-order valence-electron chi connectivity index (χ3n) is 2.13. The average molecular weight is 148 g/mol. The summed E-state index contributed by atoms with van der Waals surface area (Å²) in [4.78, 5) is 0. The number of hydrazine groups is 1. The minimum Gasteiger partial charge on any atom is -0.324 e. The number of anilines is 1. The number of hydrogen-bond donors (Lipinski definition) is 2. The highest BCUT2D eigenvalue weighted by Gasteiger charge is 2.25. The molecule has 1 aliphatic rings. The van der Waals surface area contributed by atoms with Gasteiger partial charge >= 0.3 is 0 Å². The lowest BCUT2D eigenvalue weighted by atomic mass is 10.1. The highest BCUT2D eigenvalue weighted by atomic mass is 15.2. The molecule has 0 aromatic heterocycles. The molecule has 0 amide bonds. The first-order chi connectivity index (χ1) is 5.42. The van der Waals surface area contributed by atoms with Gasteiger partial charge in [-0.3, -0.25) is 5.84 Å². The smallest absolute Gasteiger partial charge is 0.0519 e. The van der Waals surface area contributed by atoms with Crippen molar-refractivity contribution in [2.45, 2.75) is 18.8 Å². The van der Waals surface area contributed by atoms with Crippen molar-refractivity contribution in [1.82, 2.24) is 0 Å². The van der Waals surface area contributed by atoms with E-state index < -0.39 is 0 Å². The zero-order valence-corrected chi connectivity index (χ0v) is 6.38. The third-order valence-corrected chi connectivity index (χ3v) is 2.13. The molecule has 1 fully saturated rings. The van der Waals surface area contributed by atoms with Crippen LogP contribution in [0.4, 0.5) is 5.69 Å². The van der Waals surface area contributed by atoms with Gasteiger partial charge < -0.3 is 5.43 Å². The molecule has 0 atom stereocenters. The van der Waals surface area contributed by atoms with Crippen LogP contribution in [0.1, 0.15) is 24.3 Å². The number of nitrogen functional groups attached to an aromatic ring is 1. The van der Waals surface area contributed by atoms with E-state index in [-0.39, 0.29) is 0 Å². The molecular weight excluding hydrogens is 136 g/mol. The van der Waals surface area contributed by atoms with Crippen molar-refractivity contribution in [3.8, 4) is 0 Å². The highest BCUT2D eigenvalue weighted by Crippen LogP contribution is 2.42. The lowest BCUT2D eigenvalue weighted by Gasteiger charge is -2.05. The Labute approximate surface area is 66.4 Å². The maximum atomic E-state index is 5.37. The van der Waals surface area contributed by atoms with Gasteiger partial charge in [-0.1, -0.05) is 18.2 Å². The van der Waals surface area contributed by atoms with Crippen molar-refractivity contribution in [3.05, 3.63) is 29.8 Å². The quantitative estimate of drug-likeness (QED) is 0.496. The van der Waals surface area contributed by atoms with Crippen molar-refractivity contribution >= 4 is 5.69 Å². The summed E-state index contributed by atoms with van der Waals surface area (Å²) in [6.07, 6.45) is 2.64. The predicted molar refractivity (Wildman–Crippen MR) is 46.2 cm³/mol. The Morgan fingerprint density at radius 2 is 2.00 bits per heavy atom. The first-order valence-electron chi connectivity index (χ1n) is 3.97. The molecule has 0 aliphatic heterocycles. The second-order valence-corrected chi connectivity index (χ2v) is 3.01. The summed E-state index contributed by atoms with van der Waals surface area (Å²) in [5.41, 5.74) is 5.17. The molecule has 1 aromatic rings. The number of rotatable bonds is 2. The van der Waals surface area contributed by atoms with E-state index in [1.165, 1.54) is 18.4 Å². The summed E-state index contributed by atoms with van der Waals surface area (Å²) in [5.74, 6) is 6.13.